The fourth-order valence-electron chi connectivity index (χ4n) is 5.58. The summed E-state index contributed by atoms with van der Waals surface area (Å²) in [6, 6.07) is 20.8. The van der Waals surface area contributed by atoms with E-state index >= 15 is 0 Å². The SMILES string of the molecule is COc1ccc(CC(NC(=O)OCc2ccccc2)C(=O)C2(CCCNC(=O)c3ccc(N=C(N)N)cc3)NCCN(CC(=O)O)C2=O)cc1. The van der Waals surface area contributed by atoms with Gasteiger partial charge in [0.1, 0.15) is 18.9 Å². The number of carbonyl (C=O) groups is 5. The van der Waals surface area contributed by atoms with Gasteiger partial charge in [0.05, 0.1) is 18.8 Å². The molecule has 1 fully saturated rings. The van der Waals surface area contributed by atoms with Crippen molar-refractivity contribution in [2.75, 3.05) is 33.3 Å². The molecule has 264 valence electrons. The standard InChI is InChI=1S/C35H41N7O8/c1-49-27-14-8-23(9-15-27)20-28(41-34(48)50-22-24-6-3-2-4-7-24)30(45)35(32(47)42(19-18-39-35)21-29(43)44)16-5-17-38-31(46)25-10-12-26(13-11-25)40-33(36)37/h2-4,6-15,28,39H,5,16-22H2,1H3,(H,38,46)(H,41,48)(H,43,44)(H4,36,37,40). The molecule has 1 heterocycles. The molecule has 2 atom stereocenters. The van der Waals surface area contributed by atoms with Gasteiger partial charge < -0.3 is 41.6 Å². The van der Waals surface area contributed by atoms with Crippen LogP contribution in [0.4, 0.5) is 10.5 Å². The van der Waals surface area contributed by atoms with E-state index in [0.29, 0.717) is 22.6 Å². The number of Topliss-reactive ketones (excluding diaryl/α,β-unsaturated/α-hetero) is 1. The van der Waals surface area contributed by atoms with Crippen molar-refractivity contribution in [2.45, 2.75) is 37.5 Å². The molecule has 3 aromatic carbocycles. The third kappa shape index (κ3) is 10.0. The predicted octanol–water partition coefficient (Wildman–Crippen LogP) is 1.47. The summed E-state index contributed by atoms with van der Waals surface area (Å²) in [6.45, 7) is -0.415. The van der Waals surface area contributed by atoms with E-state index in [4.69, 9.17) is 20.9 Å². The number of carboxylic acids is 1. The van der Waals surface area contributed by atoms with Gasteiger partial charge in [-0.1, -0.05) is 42.5 Å². The summed E-state index contributed by atoms with van der Waals surface area (Å²) in [6.07, 6.45) is -0.841. The second kappa shape index (κ2) is 17.4. The van der Waals surface area contributed by atoms with Crippen LogP contribution in [0.3, 0.4) is 0 Å². The number of methoxy groups -OCH3 is 1. The summed E-state index contributed by atoms with van der Waals surface area (Å²) in [5.74, 6) is -2.59. The van der Waals surface area contributed by atoms with Gasteiger partial charge in [-0.2, -0.15) is 0 Å². The Balaban J connectivity index is 1.55. The van der Waals surface area contributed by atoms with E-state index in [-0.39, 0.29) is 51.5 Å². The van der Waals surface area contributed by atoms with E-state index in [1.807, 2.05) is 6.07 Å². The number of ketones is 1. The van der Waals surface area contributed by atoms with E-state index < -0.39 is 47.8 Å². The molecule has 0 radical (unpaired) electrons. The minimum absolute atomic E-state index is 0.00844. The predicted molar refractivity (Wildman–Crippen MR) is 184 cm³/mol. The zero-order valence-corrected chi connectivity index (χ0v) is 27.6. The van der Waals surface area contributed by atoms with Gasteiger partial charge in [0.15, 0.2) is 17.3 Å². The Kier molecular flexibility index (Phi) is 12.9. The van der Waals surface area contributed by atoms with Crippen LogP contribution in [0, 0.1) is 0 Å². The first-order valence-electron chi connectivity index (χ1n) is 15.9. The van der Waals surface area contributed by atoms with Crippen LogP contribution in [-0.4, -0.2) is 90.5 Å². The molecule has 1 saturated heterocycles. The quantitative estimate of drug-likeness (QED) is 0.0547. The fraction of sp³-hybridized carbons (Fsp3) is 0.314. The van der Waals surface area contributed by atoms with E-state index in [2.05, 4.69) is 20.9 Å². The van der Waals surface area contributed by atoms with Crippen molar-refractivity contribution in [3.63, 3.8) is 0 Å². The number of guanidine groups is 1. The molecule has 50 heavy (non-hydrogen) atoms. The summed E-state index contributed by atoms with van der Waals surface area (Å²) >= 11 is 0. The van der Waals surface area contributed by atoms with Crippen molar-refractivity contribution in [2.24, 2.45) is 16.5 Å². The molecule has 0 saturated carbocycles. The number of nitrogens with one attached hydrogen (secondary N) is 3. The van der Waals surface area contributed by atoms with Gasteiger partial charge in [0.25, 0.3) is 11.8 Å². The number of nitrogens with zero attached hydrogens (tertiary/aromatic N) is 2. The molecule has 0 spiro atoms. The van der Waals surface area contributed by atoms with Crippen LogP contribution < -0.4 is 32.2 Å². The van der Waals surface area contributed by atoms with Crippen LogP contribution in [0.5, 0.6) is 5.75 Å². The minimum Gasteiger partial charge on any atom is -0.497 e. The number of rotatable bonds is 16. The molecule has 4 rings (SSSR count). The second-order valence-corrected chi connectivity index (χ2v) is 11.6. The van der Waals surface area contributed by atoms with Crippen LogP contribution >= 0.6 is 0 Å². The Morgan fingerprint density at radius 1 is 1.00 bits per heavy atom. The lowest BCUT2D eigenvalue weighted by molar-refractivity contribution is -0.154. The number of benzene rings is 3. The van der Waals surface area contributed by atoms with Crippen molar-refractivity contribution in [3.05, 3.63) is 95.6 Å². The van der Waals surface area contributed by atoms with Gasteiger partial charge in [0.2, 0.25) is 0 Å². The van der Waals surface area contributed by atoms with Crippen LogP contribution in [0.1, 0.15) is 34.3 Å². The molecule has 3 amide bonds. The first kappa shape index (κ1) is 36.9. The highest BCUT2D eigenvalue weighted by Crippen LogP contribution is 2.25. The number of aliphatic imine (C=N–C) groups is 1. The number of carbonyl (C=O) groups excluding carboxylic acids is 4. The lowest BCUT2D eigenvalue weighted by Gasteiger charge is -2.42. The number of amides is 3. The Labute approximate surface area is 289 Å². The monoisotopic (exact) mass is 687 g/mol. The first-order chi connectivity index (χ1) is 24.0. The Bertz CT molecular complexity index is 1680. The Morgan fingerprint density at radius 3 is 2.34 bits per heavy atom. The molecule has 1 aliphatic heterocycles. The van der Waals surface area contributed by atoms with E-state index in [9.17, 15) is 29.1 Å². The molecular weight excluding hydrogens is 646 g/mol. The number of hydrogen-bond donors (Lipinski definition) is 6. The number of ether oxygens (including phenoxy) is 2. The Morgan fingerprint density at radius 2 is 1.70 bits per heavy atom. The smallest absolute Gasteiger partial charge is 0.408 e. The topological polar surface area (TPSA) is 228 Å². The zero-order valence-electron chi connectivity index (χ0n) is 27.6. The molecule has 0 aliphatic carbocycles. The number of aliphatic carboxylic acids is 1. The van der Waals surface area contributed by atoms with E-state index in [0.717, 1.165) is 10.5 Å². The number of hydrogen-bond acceptors (Lipinski definition) is 9. The van der Waals surface area contributed by atoms with Crippen molar-refractivity contribution in [3.8, 4) is 5.75 Å². The molecule has 2 unspecified atom stereocenters. The van der Waals surface area contributed by atoms with Crippen LogP contribution in [-0.2, 0) is 32.1 Å². The number of piperazine rings is 1. The second-order valence-electron chi connectivity index (χ2n) is 11.6. The number of nitrogens with two attached hydrogens (primary N) is 2. The lowest BCUT2D eigenvalue weighted by atomic mass is 9.80. The van der Waals surface area contributed by atoms with E-state index in [1.165, 1.54) is 7.11 Å². The summed E-state index contributed by atoms with van der Waals surface area (Å²) in [4.78, 5) is 71.2. The maximum absolute atomic E-state index is 14.6. The maximum Gasteiger partial charge on any atom is 0.408 e. The van der Waals surface area contributed by atoms with Crippen molar-refractivity contribution in [1.82, 2.24) is 20.9 Å². The maximum atomic E-state index is 14.6. The molecule has 8 N–H and O–H groups in total. The Hall–Kier alpha value is -5.96. The van der Waals surface area contributed by atoms with Gasteiger partial charge in [-0.05, 0) is 66.8 Å². The largest absolute Gasteiger partial charge is 0.497 e. The lowest BCUT2D eigenvalue weighted by Crippen LogP contribution is -2.71. The highest BCUT2D eigenvalue weighted by atomic mass is 16.5. The highest BCUT2D eigenvalue weighted by Gasteiger charge is 2.52. The van der Waals surface area contributed by atoms with Crippen LogP contribution in [0.2, 0.25) is 0 Å². The average Bonchev–Trinajstić information content (AvgIpc) is 3.10. The van der Waals surface area contributed by atoms with Crippen LogP contribution in [0.15, 0.2) is 83.9 Å². The molecule has 1 aliphatic rings. The molecule has 0 aromatic heterocycles. The summed E-state index contributed by atoms with van der Waals surface area (Å²) in [7, 11) is 1.52. The van der Waals surface area contributed by atoms with Crippen molar-refractivity contribution < 1.29 is 38.6 Å². The van der Waals surface area contributed by atoms with Crippen molar-refractivity contribution >= 4 is 41.3 Å². The van der Waals surface area contributed by atoms with Gasteiger partial charge in [-0.15, -0.1) is 0 Å². The molecule has 15 nitrogen and oxygen atoms in total. The zero-order chi connectivity index (χ0) is 36.1. The fourth-order valence-corrected chi connectivity index (χ4v) is 5.58. The molecular formula is C35H41N7O8. The summed E-state index contributed by atoms with van der Waals surface area (Å²) < 4.78 is 10.7. The minimum atomic E-state index is -1.91. The third-order valence-electron chi connectivity index (χ3n) is 8.03. The van der Waals surface area contributed by atoms with Crippen LogP contribution in [0.25, 0.3) is 0 Å². The summed E-state index contributed by atoms with van der Waals surface area (Å²) in [5.41, 5.74) is 11.1. The van der Waals surface area contributed by atoms with Gasteiger partial charge in [-0.3, -0.25) is 24.5 Å². The molecule has 0 bridgehead atoms. The number of alkyl carbamates (subject to hydrolysis) is 1. The average molecular weight is 688 g/mol. The summed E-state index contributed by atoms with van der Waals surface area (Å²) in [5, 5.41) is 18.0. The normalized spacial score (nSPS) is 16.1. The van der Waals surface area contributed by atoms with Gasteiger partial charge in [0, 0.05) is 25.2 Å². The third-order valence-corrected chi connectivity index (χ3v) is 8.03. The van der Waals surface area contributed by atoms with Crippen molar-refractivity contribution in [1.29, 1.82) is 0 Å². The van der Waals surface area contributed by atoms with E-state index in [1.54, 1.807) is 72.8 Å². The number of carboxylic acid groups (broad SMARTS) is 1. The first-order valence-corrected chi connectivity index (χ1v) is 15.9. The van der Waals surface area contributed by atoms with Gasteiger partial charge >= 0.3 is 12.1 Å². The molecule has 15 heteroatoms. The molecule has 3 aromatic rings. The van der Waals surface area contributed by atoms with Gasteiger partial charge in [-0.25, -0.2) is 9.79 Å². The highest BCUT2D eigenvalue weighted by molar-refractivity contribution is 6.14.